The Morgan fingerprint density at radius 2 is 1.41 bits per heavy atom. The summed E-state index contributed by atoms with van der Waals surface area (Å²) in [6, 6.07) is 0.412. The van der Waals surface area contributed by atoms with E-state index < -0.39 is 36.0 Å². The zero-order chi connectivity index (χ0) is 13.6. The highest BCUT2D eigenvalue weighted by atomic mass is 127. The van der Waals surface area contributed by atoms with E-state index in [0.717, 1.165) is 0 Å². The standard InChI is InChI=1S/C8HBr2F6I/c9-3-1-2(7(11,12)13)5(10)6(17)4(3)8(14,15)16/h1H. The first-order valence-electron chi connectivity index (χ1n) is 3.78. The van der Waals surface area contributed by atoms with Gasteiger partial charge in [-0.3, -0.25) is 0 Å². The maximum Gasteiger partial charge on any atom is 0.418 e. The average Bonchev–Trinajstić information content (AvgIpc) is 2.07. The Morgan fingerprint density at radius 1 is 0.941 bits per heavy atom. The van der Waals surface area contributed by atoms with Crippen LogP contribution in [0.2, 0.25) is 0 Å². The van der Waals surface area contributed by atoms with E-state index in [1.807, 2.05) is 0 Å². The molecule has 1 aromatic rings. The van der Waals surface area contributed by atoms with Crippen molar-refractivity contribution in [1.29, 1.82) is 0 Å². The molecule has 9 heteroatoms. The Labute approximate surface area is 122 Å². The van der Waals surface area contributed by atoms with Crippen molar-refractivity contribution in [3.05, 3.63) is 29.7 Å². The Balaban J connectivity index is 3.60. The SMILES string of the molecule is FC(F)(F)c1cc(Br)c(C(F)(F)F)c(I)c1Br. The second-order valence-electron chi connectivity index (χ2n) is 2.90. The lowest BCUT2D eigenvalue weighted by molar-refractivity contribution is -0.142. The van der Waals surface area contributed by atoms with E-state index in [2.05, 4.69) is 31.9 Å². The number of hydrogen-bond acceptors (Lipinski definition) is 0. The van der Waals surface area contributed by atoms with Crippen molar-refractivity contribution < 1.29 is 26.3 Å². The van der Waals surface area contributed by atoms with Gasteiger partial charge in [0.25, 0.3) is 0 Å². The van der Waals surface area contributed by atoms with Crippen molar-refractivity contribution in [3.63, 3.8) is 0 Å². The van der Waals surface area contributed by atoms with Gasteiger partial charge in [0.15, 0.2) is 0 Å². The molecule has 0 amide bonds. The summed E-state index contributed by atoms with van der Waals surface area (Å²) in [7, 11) is 0. The number of alkyl halides is 6. The van der Waals surface area contributed by atoms with E-state index in [1.54, 1.807) is 0 Å². The molecule has 0 saturated heterocycles. The topological polar surface area (TPSA) is 0 Å². The summed E-state index contributed by atoms with van der Waals surface area (Å²) >= 11 is 6.28. The fourth-order valence-corrected chi connectivity index (χ4v) is 3.51. The van der Waals surface area contributed by atoms with Gasteiger partial charge >= 0.3 is 12.4 Å². The van der Waals surface area contributed by atoms with Gasteiger partial charge in [-0.2, -0.15) is 26.3 Å². The number of benzene rings is 1. The lowest BCUT2D eigenvalue weighted by atomic mass is 10.1. The first-order chi connectivity index (χ1) is 7.46. The Bertz CT molecular complexity index is 451. The fraction of sp³-hybridized carbons (Fsp3) is 0.250. The molecule has 0 spiro atoms. The predicted octanol–water partition coefficient (Wildman–Crippen LogP) is 5.85. The summed E-state index contributed by atoms with van der Waals surface area (Å²) in [5.41, 5.74) is -2.28. The molecular weight excluding hydrogens is 497 g/mol. The maximum atomic E-state index is 12.6. The molecule has 0 bridgehead atoms. The van der Waals surface area contributed by atoms with E-state index in [-0.39, 0.29) is 0 Å². The number of rotatable bonds is 0. The molecule has 1 aromatic carbocycles. The van der Waals surface area contributed by atoms with Crippen molar-refractivity contribution in [3.8, 4) is 0 Å². The molecule has 0 aromatic heterocycles. The van der Waals surface area contributed by atoms with Crippen molar-refractivity contribution in [2.75, 3.05) is 0 Å². The molecule has 0 heterocycles. The molecule has 0 aliphatic carbocycles. The van der Waals surface area contributed by atoms with Gasteiger partial charge in [0.2, 0.25) is 0 Å². The van der Waals surface area contributed by atoms with Crippen LogP contribution in [0.25, 0.3) is 0 Å². The zero-order valence-corrected chi connectivity index (χ0v) is 12.8. The van der Waals surface area contributed by atoms with Crippen LogP contribution in [-0.2, 0) is 12.4 Å². The summed E-state index contributed by atoms with van der Waals surface area (Å²) in [6.07, 6.45) is -9.44. The molecule has 0 fully saturated rings. The third-order valence-electron chi connectivity index (χ3n) is 1.75. The van der Waals surface area contributed by atoms with E-state index in [1.165, 1.54) is 22.6 Å². The highest BCUT2D eigenvalue weighted by molar-refractivity contribution is 14.1. The average molecular weight is 498 g/mol. The molecule has 0 aliphatic rings. The van der Waals surface area contributed by atoms with E-state index in [9.17, 15) is 26.3 Å². The smallest absolute Gasteiger partial charge is 0.166 e. The highest BCUT2D eigenvalue weighted by Gasteiger charge is 2.41. The molecular formula is C8HBr2F6I. The van der Waals surface area contributed by atoms with Crippen molar-refractivity contribution in [2.45, 2.75) is 12.4 Å². The summed E-state index contributed by atoms with van der Waals surface area (Å²) < 4.78 is 73.5. The molecule has 0 radical (unpaired) electrons. The van der Waals surface area contributed by atoms with Crippen LogP contribution < -0.4 is 0 Å². The monoisotopic (exact) mass is 496 g/mol. The molecule has 0 N–H and O–H groups in total. The van der Waals surface area contributed by atoms with Crippen LogP contribution in [0, 0.1) is 3.57 Å². The summed E-state index contributed by atoms with van der Waals surface area (Å²) in [6.45, 7) is 0. The van der Waals surface area contributed by atoms with Gasteiger partial charge in [-0.25, -0.2) is 0 Å². The normalized spacial score (nSPS) is 13.0. The summed E-state index contributed by atoms with van der Waals surface area (Å²) in [5.74, 6) is 0. The van der Waals surface area contributed by atoms with E-state index in [0.29, 0.717) is 6.07 Å². The van der Waals surface area contributed by atoms with Crippen LogP contribution in [0.1, 0.15) is 11.1 Å². The highest BCUT2D eigenvalue weighted by Crippen LogP contribution is 2.45. The largest absolute Gasteiger partial charge is 0.418 e. The van der Waals surface area contributed by atoms with Gasteiger partial charge in [0, 0.05) is 12.5 Å². The quantitative estimate of drug-likeness (QED) is 0.239. The molecule has 1 rings (SSSR count). The van der Waals surface area contributed by atoms with Crippen molar-refractivity contribution in [2.24, 2.45) is 0 Å². The lowest BCUT2D eigenvalue weighted by Gasteiger charge is -2.17. The van der Waals surface area contributed by atoms with Gasteiger partial charge in [0.05, 0.1) is 11.1 Å². The molecule has 0 unspecified atom stereocenters. The van der Waals surface area contributed by atoms with E-state index in [4.69, 9.17) is 0 Å². The molecule has 0 atom stereocenters. The molecule has 0 nitrogen and oxygen atoms in total. The number of halogens is 9. The first-order valence-corrected chi connectivity index (χ1v) is 6.44. The van der Waals surface area contributed by atoms with Crippen LogP contribution in [0.15, 0.2) is 15.0 Å². The Hall–Kier alpha value is 0.490. The Kier molecular flexibility index (Phi) is 4.46. The minimum absolute atomic E-state index is 0.412. The maximum absolute atomic E-state index is 12.6. The van der Waals surface area contributed by atoms with Crippen molar-refractivity contribution >= 4 is 54.5 Å². The second kappa shape index (κ2) is 4.87. The minimum atomic E-state index is -4.72. The van der Waals surface area contributed by atoms with Crippen LogP contribution in [-0.4, -0.2) is 0 Å². The molecule has 96 valence electrons. The van der Waals surface area contributed by atoms with Crippen LogP contribution >= 0.6 is 54.5 Å². The third kappa shape index (κ3) is 3.28. The zero-order valence-electron chi connectivity index (χ0n) is 7.48. The third-order valence-corrected chi connectivity index (χ3v) is 5.02. The van der Waals surface area contributed by atoms with Crippen LogP contribution in [0.5, 0.6) is 0 Å². The van der Waals surface area contributed by atoms with Gasteiger partial charge in [-0.1, -0.05) is 15.9 Å². The van der Waals surface area contributed by atoms with Gasteiger partial charge in [0.1, 0.15) is 0 Å². The van der Waals surface area contributed by atoms with Crippen molar-refractivity contribution in [1.82, 2.24) is 0 Å². The van der Waals surface area contributed by atoms with Gasteiger partial charge in [-0.15, -0.1) is 0 Å². The van der Waals surface area contributed by atoms with Crippen LogP contribution in [0.4, 0.5) is 26.3 Å². The molecule has 0 saturated carbocycles. The van der Waals surface area contributed by atoms with Gasteiger partial charge in [-0.05, 0) is 44.6 Å². The summed E-state index contributed by atoms with van der Waals surface area (Å²) in [5, 5.41) is 0. The minimum Gasteiger partial charge on any atom is -0.166 e. The predicted molar refractivity (Wildman–Crippen MR) is 64.6 cm³/mol. The van der Waals surface area contributed by atoms with E-state index >= 15 is 0 Å². The van der Waals surface area contributed by atoms with Gasteiger partial charge < -0.3 is 0 Å². The molecule has 17 heavy (non-hydrogen) atoms. The number of hydrogen-bond donors (Lipinski definition) is 0. The fourth-order valence-electron chi connectivity index (χ4n) is 1.06. The summed E-state index contributed by atoms with van der Waals surface area (Å²) in [4.78, 5) is 0. The lowest BCUT2D eigenvalue weighted by Crippen LogP contribution is -2.14. The Morgan fingerprint density at radius 3 is 1.76 bits per heavy atom. The van der Waals surface area contributed by atoms with Crippen LogP contribution in [0.3, 0.4) is 0 Å². The molecule has 0 aliphatic heterocycles. The first kappa shape index (κ1) is 15.5. The second-order valence-corrected chi connectivity index (χ2v) is 5.63.